The number of nitrogens with zero attached hydrogens (tertiary/aromatic N) is 2. The fraction of sp³-hybridized carbons (Fsp3) is 0.308. The first kappa shape index (κ1) is 5.32. The van der Waals surface area contributed by atoms with E-state index in [1.807, 2.05) is 0 Å². The third-order valence-corrected chi connectivity index (χ3v) is 2.22. The van der Waals surface area contributed by atoms with Gasteiger partial charge >= 0.3 is 5.97 Å². The molecule has 1 aliphatic heterocycles. The molecule has 0 radical (unpaired) electrons. The molecule has 1 fully saturated rings. The maximum Gasteiger partial charge on any atom is 0.363 e. The Morgan fingerprint density at radius 2 is 1.84 bits per heavy atom. The van der Waals surface area contributed by atoms with Crippen molar-refractivity contribution >= 4 is 23.5 Å². The number of carbonyl (C=O) groups excluding carboxylic acids is 3. The average molecular weight is 272 g/mol. The Hall–Kier alpha value is -2.37. The smallest absolute Gasteiger partial charge is 0.363 e. The quantitative estimate of drug-likeness (QED) is 0.767. The topological polar surface area (TPSA) is 66.9 Å². The Balaban J connectivity index is 2.61. The number of hydrogen-bond donors (Lipinski definition) is 0. The van der Waals surface area contributed by atoms with Gasteiger partial charge in [-0.2, -0.15) is 0 Å². The number of imide groups is 1. The van der Waals surface area contributed by atoms with E-state index >= 15 is 0 Å². The van der Waals surface area contributed by atoms with E-state index in [1.54, 1.807) is 0 Å². The fourth-order valence-corrected chi connectivity index (χ4v) is 1.31. The summed E-state index contributed by atoms with van der Waals surface area (Å²) in [6.45, 7) is -6.71. The van der Waals surface area contributed by atoms with Gasteiger partial charge in [0.05, 0.1) is 11.0 Å². The van der Waals surface area contributed by atoms with Gasteiger partial charge in [-0.05, 0) is 24.2 Å². The summed E-state index contributed by atoms with van der Waals surface area (Å²) in [5, 5.41) is 0.138. The molecule has 1 saturated heterocycles. The van der Waals surface area contributed by atoms with E-state index in [2.05, 4.69) is 4.84 Å². The highest BCUT2D eigenvalue weighted by molar-refractivity contribution is 6.02. The minimum atomic E-state index is -3.36. The number of hydroxylamine groups is 2. The highest BCUT2D eigenvalue weighted by Crippen LogP contribution is 2.16. The molecular formula is C13H14N2O4. The van der Waals surface area contributed by atoms with E-state index in [4.69, 9.17) is 13.7 Å². The molecule has 1 aromatic rings. The van der Waals surface area contributed by atoms with E-state index in [0.29, 0.717) is 0 Å². The second-order valence-electron chi connectivity index (χ2n) is 3.52. The van der Waals surface area contributed by atoms with Crippen molar-refractivity contribution in [2.24, 2.45) is 0 Å². The molecule has 0 bridgehead atoms. The normalized spacial score (nSPS) is 23.7. The molecule has 1 aromatic carbocycles. The van der Waals surface area contributed by atoms with Crippen LogP contribution in [0.15, 0.2) is 24.2 Å². The Kier molecular flexibility index (Phi) is 1.43. The van der Waals surface area contributed by atoms with Crippen molar-refractivity contribution in [1.82, 2.24) is 5.06 Å². The zero-order valence-corrected chi connectivity index (χ0v) is 9.44. The van der Waals surface area contributed by atoms with Crippen molar-refractivity contribution in [2.45, 2.75) is 12.8 Å². The van der Waals surface area contributed by atoms with Crippen LogP contribution >= 0.6 is 0 Å². The average Bonchev–Trinajstić information content (AvgIpc) is 2.86. The van der Waals surface area contributed by atoms with Gasteiger partial charge in [-0.3, -0.25) is 9.59 Å². The van der Waals surface area contributed by atoms with Crippen LogP contribution in [-0.4, -0.2) is 36.8 Å². The number of carbonyl (C=O) groups is 3. The molecule has 0 aliphatic carbocycles. The molecule has 6 nitrogen and oxygen atoms in total. The summed E-state index contributed by atoms with van der Waals surface area (Å²) in [5.74, 6) is -3.25. The third kappa shape index (κ3) is 2.73. The summed E-state index contributed by atoms with van der Waals surface area (Å²) in [5.41, 5.74) is -2.06. The summed E-state index contributed by atoms with van der Waals surface area (Å²) in [4.78, 5) is 39.7. The molecule has 0 atom stereocenters. The maximum atomic E-state index is 12.3. The Morgan fingerprint density at radius 1 is 1.26 bits per heavy atom. The van der Waals surface area contributed by atoms with E-state index in [9.17, 15) is 14.4 Å². The first-order valence-corrected chi connectivity index (χ1v) is 5.07. The van der Waals surface area contributed by atoms with Crippen molar-refractivity contribution in [3.63, 3.8) is 0 Å². The highest BCUT2D eigenvalue weighted by atomic mass is 16.7. The molecule has 0 N–H and O–H groups in total. The molecule has 1 heterocycles. The number of rotatable bonds is 3. The zero-order valence-electron chi connectivity index (χ0n) is 19.4. The van der Waals surface area contributed by atoms with Gasteiger partial charge in [0, 0.05) is 40.7 Å². The van der Waals surface area contributed by atoms with Gasteiger partial charge in [-0.15, -0.1) is 5.06 Å². The van der Waals surface area contributed by atoms with Crippen molar-refractivity contribution < 1.29 is 32.9 Å². The van der Waals surface area contributed by atoms with Crippen LogP contribution in [-0.2, 0) is 14.4 Å². The fourth-order valence-electron chi connectivity index (χ4n) is 1.31. The van der Waals surface area contributed by atoms with Gasteiger partial charge in [0.15, 0.2) is 0 Å². The summed E-state index contributed by atoms with van der Waals surface area (Å²) in [6.07, 6.45) is -0.432. The van der Waals surface area contributed by atoms with Crippen LogP contribution in [0, 0.1) is 0 Å². The molecule has 1 aliphatic rings. The van der Waals surface area contributed by atoms with Crippen LogP contribution < -0.4 is 4.90 Å². The minimum Gasteiger partial charge on any atom is -0.378 e. The van der Waals surface area contributed by atoms with E-state index in [1.165, 1.54) is 0 Å². The Labute approximate surface area is 124 Å². The lowest BCUT2D eigenvalue weighted by molar-refractivity contribution is -0.172. The second-order valence-corrected chi connectivity index (χ2v) is 3.52. The van der Waals surface area contributed by atoms with Crippen LogP contribution in [0.25, 0.3) is 0 Å². The number of amides is 2. The molecule has 100 valence electrons. The summed E-state index contributed by atoms with van der Waals surface area (Å²) in [6, 6.07) is -4.43. The predicted molar refractivity (Wildman–Crippen MR) is 67.3 cm³/mol. The van der Waals surface area contributed by atoms with Crippen LogP contribution in [0.1, 0.15) is 36.9 Å². The Morgan fingerprint density at radius 3 is 2.37 bits per heavy atom. The van der Waals surface area contributed by atoms with E-state index < -0.39 is 67.2 Å². The monoisotopic (exact) mass is 272 g/mol. The third-order valence-electron chi connectivity index (χ3n) is 2.22. The van der Waals surface area contributed by atoms with Crippen molar-refractivity contribution in [1.29, 1.82) is 0 Å². The molecule has 0 unspecified atom stereocenters. The number of anilines is 1. The SMILES string of the molecule is [2H]c1c([2H])c(N(C([2H])([2H])[2H])C([2H])([2H])[2H])c([2H])c([2H])c1C(=O)ON1C(=O)CCC1=O. The number of benzene rings is 1. The van der Waals surface area contributed by atoms with E-state index in [-0.39, 0.29) is 22.8 Å². The molecule has 2 rings (SSSR count). The summed E-state index contributed by atoms with van der Waals surface area (Å²) in [7, 11) is 0. The van der Waals surface area contributed by atoms with Gasteiger partial charge < -0.3 is 9.74 Å². The van der Waals surface area contributed by atoms with Gasteiger partial charge in [0.2, 0.25) is 0 Å². The molecule has 0 saturated carbocycles. The lowest BCUT2D eigenvalue weighted by Gasteiger charge is -2.14. The van der Waals surface area contributed by atoms with Crippen LogP contribution in [0.3, 0.4) is 0 Å². The lowest BCUT2D eigenvalue weighted by atomic mass is 10.2. The molecule has 19 heavy (non-hydrogen) atoms. The summed E-state index contributed by atoms with van der Waals surface area (Å²) < 4.78 is 76.0. The van der Waals surface area contributed by atoms with Gasteiger partial charge in [0.1, 0.15) is 0 Å². The van der Waals surface area contributed by atoms with Gasteiger partial charge in [-0.25, -0.2) is 4.79 Å². The van der Waals surface area contributed by atoms with Crippen LogP contribution in [0.5, 0.6) is 0 Å². The van der Waals surface area contributed by atoms with Crippen LogP contribution in [0.2, 0.25) is 0 Å². The minimum absolute atomic E-state index is 0.138. The van der Waals surface area contributed by atoms with Crippen molar-refractivity contribution in [3.8, 4) is 0 Å². The van der Waals surface area contributed by atoms with Crippen LogP contribution in [0.4, 0.5) is 5.69 Å². The van der Waals surface area contributed by atoms with Crippen molar-refractivity contribution in [3.05, 3.63) is 29.7 Å². The number of hydrogen-bond acceptors (Lipinski definition) is 5. The second kappa shape index (κ2) is 5.09. The maximum absolute atomic E-state index is 12.3. The standard InChI is InChI=1S/C13H14N2O4/c1-14(2)10-5-3-9(4-6-10)13(18)19-15-11(16)7-8-12(15)17/h3-6H,7-8H2,1-2H3/i1D3,2D3,3D,4D,5D,6D. The predicted octanol–water partition coefficient (Wildman–Crippen LogP) is 0.973. The molecule has 2 amide bonds. The van der Waals surface area contributed by atoms with Gasteiger partial charge in [-0.1, -0.05) is 0 Å². The zero-order chi connectivity index (χ0) is 22.5. The largest absolute Gasteiger partial charge is 0.378 e. The molecule has 6 heteroatoms. The molecular weight excluding hydrogens is 248 g/mol. The van der Waals surface area contributed by atoms with Crippen molar-refractivity contribution in [2.75, 3.05) is 18.9 Å². The first-order chi connectivity index (χ1) is 13.1. The molecule has 0 spiro atoms. The first-order valence-electron chi connectivity index (χ1n) is 10.1. The van der Waals surface area contributed by atoms with E-state index in [0.717, 1.165) is 0 Å². The molecule has 0 aromatic heterocycles. The van der Waals surface area contributed by atoms with Gasteiger partial charge in [0.25, 0.3) is 11.8 Å². The Bertz CT molecular complexity index is 836. The lowest BCUT2D eigenvalue weighted by Crippen LogP contribution is -2.32. The summed E-state index contributed by atoms with van der Waals surface area (Å²) >= 11 is 0. The highest BCUT2D eigenvalue weighted by Gasteiger charge is 2.33.